The van der Waals surface area contributed by atoms with Crippen molar-refractivity contribution in [1.29, 1.82) is 0 Å². The molecular weight excluding hydrogens is 398 g/mol. The number of ether oxygens (including phenoxy) is 2. The van der Waals surface area contributed by atoms with Gasteiger partial charge in [-0.1, -0.05) is 48.5 Å². The van der Waals surface area contributed by atoms with Crippen LogP contribution in [0.1, 0.15) is 15.2 Å². The molecule has 0 fully saturated rings. The van der Waals surface area contributed by atoms with Crippen LogP contribution in [0.5, 0.6) is 5.75 Å². The monoisotopic (exact) mass is 417 g/mol. The Morgan fingerprint density at radius 2 is 1.60 bits per heavy atom. The predicted molar refractivity (Wildman–Crippen MR) is 118 cm³/mol. The zero-order valence-electron chi connectivity index (χ0n) is 16.0. The summed E-state index contributed by atoms with van der Waals surface area (Å²) >= 11 is 1.35. The molecule has 1 N–H and O–H groups in total. The van der Waals surface area contributed by atoms with Crippen molar-refractivity contribution in [2.45, 2.75) is 6.61 Å². The predicted octanol–water partition coefficient (Wildman–Crippen LogP) is 5.28. The summed E-state index contributed by atoms with van der Waals surface area (Å²) in [5, 5.41) is 3.69. The molecule has 0 aliphatic rings. The third kappa shape index (κ3) is 5.04. The van der Waals surface area contributed by atoms with Crippen molar-refractivity contribution in [2.75, 3.05) is 11.9 Å². The highest BCUT2D eigenvalue weighted by Crippen LogP contribution is 2.25. The number of hydrogen-bond donors (Lipinski definition) is 1. The lowest BCUT2D eigenvalue weighted by Gasteiger charge is -2.09. The molecule has 150 valence electrons. The van der Waals surface area contributed by atoms with Gasteiger partial charge in [-0.2, -0.15) is 0 Å². The maximum atomic E-state index is 12.2. The van der Waals surface area contributed by atoms with Gasteiger partial charge >= 0.3 is 5.97 Å². The second kappa shape index (κ2) is 9.24. The molecule has 0 spiro atoms. The van der Waals surface area contributed by atoms with E-state index in [1.54, 1.807) is 30.3 Å². The van der Waals surface area contributed by atoms with Gasteiger partial charge in [-0.3, -0.25) is 4.79 Å². The van der Waals surface area contributed by atoms with E-state index in [2.05, 4.69) is 5.32 Å². The molecule has 30 heavy (non-hydrogen) atoms. The molecule has 0 unspecified atom stereocenters. The second-order valence-electron chi connectivity index (χ2n) is 6.57. The van der Waals surface area contributed by atoms with Gasteiger partial charge in [0.25, 0.3) is 5.91 Å². The van der Waals surface area contributed by atoms with Crippen molar-refractivity contribution in [2.24, 2.45) is 0 Å². The largest absolute Gasteiger partial charge is 0.489 e. The van der Waals surface area contributed by atoms with Crippen molar-refractivity contribution in [3.63, 3.8) is 0 Å². The fourth-order valence-electron chi connectivity index (χ4n) is 2.86. The van der Waals surface area contributed by atoms with Gasteiger partial charge in [0.15, 0.2) is 6.61 Å². The molecule has 4 aromatic rings. The van der Waals surface area contributed by atoms with Crippen LogP contribution in [0.4, 0.5) is 5.69 Å². The van der Waals surface area contributed by atoms with Crippen LogP contribution < -0.4 is 10.1 Å². The number of nitrogens with one attached hydrogen (secondary N) is 1. The van der Waals surface area contributed by atoms with Gasteiger partial charge in [0, 0.05) is 10.4 Å². The van der Waals surface area contributed by atoms with E-state index in [9.17, 15) is 9.59 Å². The highest BCUT2D eigenvalue weighted by molar-refractivity contribution is 7.20. The summed E-state index contributed by atoms with van der Waals surface area (Å²) in [6.07, 6.45) is 0. The molecular formula is C24H19NO4S. The summed E-state index contributed by atoms with van der Waals surface area (Å²) in [6.45, 7) is 0.125. The lowest BCUT2D eigenvalue weighted by Crippen LogP contribution is -2.20. The maximum absolute atomic E-state index is 12.2. The number of benzene rings is 3. The molecule has 1 amide bonds. The Bertz CT molecular complexity index is 1120. The number of hydrogen-bond acceptors (Lipinski definition) is 5. The molecule has 0 aliphatic carbocycles. The topological polar surface area (TPSA) is 64.6 Å². The Morgan fingerprint density at radius 3 is 2.37 bits per heavy atom. The molecule has 3 aromatic carbocycles. The molecule has 4 rings (SSSR count). The Kier molecular flexibility index (Phi) is 6.06. The molecule has 1 aromatic heterocycles. The Hall–Kier alpha value is -3.64. The molecule has 1 heterocycles. The van der Waals surface area contributed by atoms with Gasteiger partial charge in [0.1, 0.15) is 17.2 Å². The standard InChI is InChI=1S/C24H19NO4S/c26-23(16-29-24(27)22-14-18-8-4-5-9-21(18)30-22)25-19-10-12-20(13-11-19)28-15-17-6-2-1-3-7-17/h1-14H,15-16H2,(H,25,26). The minimum Gasteiger partial charge on any atom is -0.489 e. The first-order valence-corrected chi connectivity index (χ1v) is 10.2. The summed E-state index contributed by atoms with van der Waals surface area (Å²) in [5.41, 5.74) is 1.68. The Labute approximate surface area is 177 Å². The zero-order chi connectivity index (χ0) is 20.8. The van der Waals surface area contributed by atoms with E-state index in [0.717, 1.165) is 15.6 Å². The molecule has 0 atom stereocenters. The van der Waals surface area contributed by atoms with Crippen molar-refractivity contribution in [1.82, 2.24) is 0 Å². The molecule has 0 bridgehead atoms. The van der Waals surface area contributed by atoms with Gasteiger partial charge in [-0.05, 0) is 47.3 Å². The van der Waals surface area contributed by atoms with E-state index in [1.807, 2.05) is 54.6 Å². The third-order valence-corrected chi connectivity index (χ3v) is 5.44. The summed E-state index contributed by atoms with van der Waals surface area (Å²) in [4.78, 5) is 24.8. The maximum Gasteiger partial charge on any atom is 0.348 e. The average Bonchev–Trinajstić information content (AvgIpc) is 3.22. The average molecular weight is 417 g/mol. The van der Waals surface area contributed by atoms with Crippen molar-refractivity contribution >= 4 is 39.0 Å². The van der Waals surface area contributed by atoms with Crippen LogP contribution in [-0.4, -0.2) is 18.5 Å². The van der Waals surface area contributed by atoms with E-state index in [-0.39, 0.29) is 6.61 Å². The number of fused-ring (bicyclic) bond motifs is 1. The van der Waals surface area contributed by atoms with E-state index in [0.29, 0.717) is 22.9 Å². The highest BCUT2D eigenvalue weighted by Gasteiger charge is 2.13. The lowest BCUT2D eigenvalue weighted by atomic mass is 10.2. The molecule has 0 radical (unpaired) electrons. The van der Waals surface area contributed by atoms with Crippen LogP contribution in [0.15, 0.2) is 84.9 Å². The van der Waals surface area contributed by atoms with Crippen LogP contribution in [0.3, 0.4) is 0 Å². The fraction of sp³-hybridized carbons (Fsp3) is 0.0833. The molecule has 6 heteroatoms. The first-order chi connectivity index (χ1) is 14.7. The number of amides is 1. The minimum absolute atomic E-state index is 0.348. The normalized spacial score (nSPS) is 10.5. The smallest absolute Gasteiger partial charge is 0.348 e. The van der Waals surface area contributed by atoms with Crippen LogP contribution in [0.25, 0.3) is 10.1 Å². The zero-order valence-corrected chi connectivity index (χ0v) is 16.9. The number of carbonyl (C=O) groups is 2. The lowest BCUT2D eigenvalue weighted by molar-refractivity contribution is -0.119. The molecule has 0 aliphatic heterocycles. The highest BCUT2D eigenvalue weighted by atomic mass is 32.1. The van der Waals surface area contributed by atoms with Crippen LogP contribution in [0, 0.1) is 0 Å². The number of carbonyl (C=O) groups excluding carboxylic acids is 2. The van der Waals surface area contributed by atoms with Crippen LogP contribution in [-0.2, 0) is 16.1 Å². The number of thiophene rings is 1. The van der Waals surface area contributed by atoms with Crippen LogP contribution >= 0.6 is 11.3 Å². The van der Waals surface area contributed by atoms with E-state index >= 15 is 0 Å². The van der Waals surface area contributed by atoms with E-state index < -0.39 is 11.9 Å². The summed E-state index contributed by atoms with van der Waals surface area (Å²) in [6, 6.07) is 26.4. The Morgan fingerprint density at radius 1 is 0.867 bits per heavy atom. The van der Waals surface area contributed by atoms with Gasteiger partial charge in [0.2, 0.25) is 0 Å². The van der Waals surface area contributed by atoms with Crippen molar-refractivity contribution in [3.8, 4) is 5.75 Å². The first kappa shape index (κ1) is 19.7. The fourth-order valence-corrected chi connectivity index (χ4v) is 3.81. The SMILES string of the molecule is O=C(COC(=O)c1cc2ccccc2s1)Nc1ccc(OCc2ccccc2)cc1. The number of anilines is 1. The quantitative estimate of drug-likeness (QED) is 0.416. The molecule has 5 nitrogen and oxygen atoms in total. The van der Waals surface area contributed by atoms with Gasteiger partial charge in [-0.25, -0.2) is 4.79 Å². The van der Waals surface area contributed by atoms with E-state index in [1.165, 1.54) is 11.3 Å². The third-order valence-electron chi connectivity index (χ3n) is 4.35. The van der Waals surface area contributed by atoms with E-state index in [4.69, 9.17) is 9.47 Å². The number of esters is 1. The summed E-state index contributed by atoms with van der Waals surface area (Å²) in [7, 11) is 0. The first-order valence-electron chi connectivity index (χ1n) is 9.40. The summed E-state index contributed by atoms with van der Waals surface area (Å²) < 4.78 is 11.9. The van der Waals surface area contributed by atoms with Crippen molar-refractivity contribution < 1.29 is 19.1 Å². The Balaban J connectivity index is 1.25. The van der Waals surface area contributed by atoms with Gasteiger partial charge < -0.3 is 14.8 Å². The van der Waals surface area contributed by atoms with Crippen molar-refractivity contribution in [3.05, 3.63) is 95.4 Å². The van der Waals surface area contributed by atoms with Gasteiger partial charge in [0.05, 0.1) is 0 Å². The second-order valence-corrected chi connectivity index (χ2v) is 7.66. The van der Waals surface area contributed by atoms with Gasteiger partial charge in [-0.15, -0.1) is 11.3 Å². The molecule has 0 saturated carbocycles. The van der Waals surface area contributed by atoms with Crippen LogP contribution in [0.2, 0.25) is 0 Å². The molecule has 0 saturated heterocycles. The summed E-state index contributed by atoms with van der Waals surface area (Å²) in [5.74, 6) is -0.202. The minimum atomic E-state index is -0.504. The number of rotatable bonds is 7.